The highest BCUT2D eigenvalue weighted by atomic mass is 35.5. The Balaban J connectivity index is 1.57. The molecule has 1 fully saturated rings. The van der Waals surface area contributed by atoms with Gasteiger partial charge in [-0.3, -0.25) is 4.79 Å². The van der Waals surface area contributed by atoms with Crippen LogP contribution in [0.4, 0.5) is 0 Å². The molecule has 1 amide bonds. The van der Waals surface area contributed by atoms with Gasteiger partial charge in [-0.05, 0) is 37.1 Å². The Labute approximate surface area is 112 Å². The third kappa shape index (κ3) is 4.94. The van der Waals surface area contributed by atoms with Gasteiger partial charge in [0, 0.05) is 24.2 Å². The van der Waals surface area contributed by atoms with Crippen LogP contribution in [-0.2, 0) is 4.79 Å². The quantitative estimate of drug-likeness (QED) is 0.739. The third-order valence-electron chi connectivity index (χ3n) is 2.64. The molecule has 0 saturated heterocycles. The molecule has 0 atom stereocenters. The fourth-order valence-electron chi connectivity index (χ4n) is 1.50. The van der Waals surface area contributed by atoms with E-state index in [1.165, 1.54) is 12.8 Å². The lowest BCUT2D eigenvalue weighted by atomic mass is 10.3. The van der Waals surface area contributed by atoms with E-state index in [0.717, 1.165) is 6.54 Å². The molecule has 0 unspecified atom stereocenters. The van der Waals surface area contributed by atoms with Crippen LogP contribution in [0.25, 0.3) is 0 Å². The summed E-state index contributed by atoms with van der Waals surface area (Å²) in [7, 11) is 0. The molecule has 0 bridgehead atoms. The van der Waals surface area contributed by atoms with Gasteiger partial charge in [0.2, 0.25) is 0 Å². The van der Waals surface area contributed by atoms with Crippen LogP contribution in [0, 0.1) is 0 Å². The Hall–Kier alpha value is -1.26. The maximum absolute atomic E-state index is 11.5. The normalized spacial score (nSPS) is 14.3. The average molecular weight is 269 g/mol. The van der Waals surface area contributed by atoms with E-state index in [2.05, 4.69) is 10.6 Å². The zero-order chi connectivity index (χ0) is 12.8. The molecule has 4 nitrogen and oxygen atoms in total. The summed E-state index contributed by atoms with van der Waals surface area (Å²) in [5, 5.41) is 6.77. The summed E-state index contributed by atoms with van der Waals surface area (Å²) >= 11 is 5.75. The van der Waals surface area contributed by atoms with Crippen LogP contribution in [-0.4, -0.2) is 31.6 Å². The number of halogens is 1. The number of carbonyl (C=O) groups excluding carboxylic acids is 1. The first-order valence-electron chi connectivity index (χ1n) is 6.12. The summed E-state index contributed by atoms with van der Waals surface area (Å²) in [5.41, 5.74) is 0. The van der Waals surface area contributed by atoms with Crippen LogP contribution in [0.5, 0.6) is 5.75 Å². The lowest BCUT2D eigenvalue weighted by Crippen LogP contribution is -2.35. The van der Waals surface area contributed by atoms with Crippen molar-refractivity contribution in [2.24, 2.45) is 0 Å². The van der Waals surface area contributed by atoms with E-state index in [0.29, 0.717) is 23.4 Å². The molecule has 98 valence electrons. The summed E-state index contributed by atoms with van der Waals surface area (Å²) in [6.07, 6.45) is 2.52. The maximum Gasteiger partial charge on any atom is 0.257 e. The van der Waals surface area contributed by atoms with Crippen LogP contribution in [0.2, 0.25) is 5.02 Å². The highest BCUT2D eigenvalue weighted by Crippen LogP contribution is 2.17. The minimum absolute atomic E-state index is 0.0328. The van der Waals surface area contributed by atoms with E-state index in [1.54, 1.807) is 24.3 Å². The highest BCUT2D eigenvalue weighted by Gasteiger charge is 2.19. The monoisotopic (exact) mass is 268 g/mol. The summed E-state index contributed by atoms with van der Waals surface area (Å²) in [6.45, 7) is 1.49. The van der Waals surface area contributed by atoms with Gasteiger partial charge >= 0.3 is 0 Å². The molecule has 0 heterocycles. The van der Waals surface area contributed by atoms with Gasteiger partial charge in [-0.15, -0.1) is 0 Å². The first kappa shape index (κ1) is 13.2. The average Bonchev–Trinajstić information content (AvgIpc) is 3.18. The number of ether oxygens (including phenoxy) is 1. The van der Waals surface area contributed by atoms with Crippen molar-refractivity contribution in [3.8, 4) is 5.75 Å². The van der Waals surface area contributed by atoms with Crippen molar-refractivity contribution in [1.29, 1.82) is 0 Å². The van der Waals surface area contributed by atoms with Gasteiger partial charge in [-0.1, -0.05) is 11.6 Å². The molecular weight excluding hydrogens is 252 g/mol. The molecule has 1 aliphatic rings. The lowest BCUT2D eigenvalue weighted by molar-refractivity contribution is -0.123. The Morgan fingerprint density at radius 3 is 2.67 bits per heavy atom. The first-order chi connectivity index (χ1) is 8.74. The Bertz CT molecular complexity index is 390. The minimum Gasteiger partial charge on any atom is -0.484 e. The molecule has 1 aromatic carbocycles. The summed E-state index contributed by atoms with van der Waals surface area (Å²) < 4.78 is 5.32. The van der Waals surface area contributed by atoms with Crippen LogP contribution < -0.4 is 15.4 Å². The van der Waals surface area contributed by atoms with E-state index in [-0.39, 0.29) is 12.5 Å². The Kier molecular flexibility index (Phi) is 4.84. The third-order valence-corrected chi connectivity index (χ3v) is 2.89. The Morgan fingerprint density at radius 1 is 1.28 bits per heavy atom. The van der Waals surface area contributed by atoms with Crippen LogP contribution in [0.1, 0.15) is 12.8 Å². The zero-order valence-corrected chi connectivity index (χ0v) is 10.9. The van der Waals surface area contributed by atoms with Crippen LogP contribution in [0.3, 0.4) is 0 Å². The highest BCUT2D eigenvalue weighted by molar-refractivity contribution is 6.30. The predicted molar refractivity (Wildman–Crippen MR) is 71.0 cm³/mol. The standard InChI is InChI=1S/C13H17ClN2O2/c14-10-1-5-12(6-2-10)18-9-13(17)16-8-7-15-11-3-4-11/h1-2,5-6,11,15H,3-4,7-9H2,(H,16,17). The molecule has 0 aromatic heterocycles. The molecule has 1 saturated carbocycles. The van der Waals surface area contributed by atoms with E-state index in [1.807, 2.05) is 0 Å². The number of benzene rings is 1. The fourth-order valence-corrected chi connectivity index (χ4v) is 1.62. The molecule has 0 aliphatic heterocycles. The zero-order valence-electron chi connectivity index (χ0n) is 10.1. The summed E-state index contributed by atoms with van der Waals surface area (Å²) in [6, 6.07) is 7.62. The van der Waals surface area contributed by atoms with Gasteiger partial charge < -0.3 is 15.4 Å². The maximum atomic E-state index is 11.5. The molecule has 0 spiro atoms. The van der Waals surface area contributed by atoms with E-state index >= 15 is 0 Å². The van der Waals surface area contributed by atoms with Gasteiger partial charge in [-0.25, -0.2) is 0 Å². The first-order valence-corrected chi connectivity index (χ1v) is 6.50. The molecule has 0 radical (unpaired) electrons. The smallest absolute Gasteiger partial charge is 0.257 e. The number of carbonyl (C=O) groups is 1. The lowest BCUT2D eigenvalue weighted by Gasteiger charge is -2.08. The largest absolute Gasteiger partial charge is 0.484 e. The predicted octanol–water partition coefficient (Wildman–Crippen LogP) is 1.59. The van der Waals surface area contributed by atoms with E-state index < -0.39 is 0 Å². The van der Waals surface area contributed by atoms with Crippen molar-refractivity contribution >= 4 is 17.5 Å². The number of rotatable bonds is 7. The second-order valence-corrected chi connectivity index (χ2v) is 4.76. The van der Waals surface area contributed by atoms with Gasteiger partial charge in [0.25, 0.3) is 5.91 Å². The number of hydrogen-bond donors (Lipinski definition) is 2. The molecule has 2 rings (SSSR count). The number of amides is 1. The Morgan fingerprint density at radius 2 is 2.00 bits per heavy atom. The molecule has 2 N–H and O–H groups in total. The van der Waals surface area contributed by atoms with Crippen LogP contribution >= 0.6 is 11.6 Å². The van der Waals surface area contributed by atoms with Crippen LogP contribution in [0.15, 0.2) is 24.3 Å². The summed E-state index contributed by atoms with van der Waals surface area (Å²) in [5.74, 6) is 0.535. The second-order valence-electron chi connectivity index (χ2n) is 4.32. The molecule has 1 aliphatic carbocycles. The van der Waals surface area contributed by atoms with Gasteiger partial charge in [-0.2, -0.15) is 0 Å². The van der Waals surface area contributed by atoms with Crippen molar-refractivity contribution in [1.82, 2.24) is 10.6 Å². The van der Waals surface area contributed by atoms with Crippen molar-refractivity contribution in [3.63, 3.8) is 0 Å². The number of nitrogens with one attached hydrogen (secondary N) is 2. The van der Waals surface area contributed by atoms with Crippen molar-refractivity contribution in [3.05, 3.63) is 29.3 Å². The number of hydrogen-bond acceptors (Lipinski definition) is 3. The summed E-state index contributed by atoms with van der Waals surface area (Å²) in [4.78, 5) is 11.5. The van der Waals surface area contributed by atoms with Crippen molar-refractivity contribution in [2.45, 2.75) is 18.9 Å². The van der Waals surface area contributed by atoms with Gasteiger partial charge in [0.15, 0.2) is 6.61 Å². The van der Waals surface area contributed by atoms with Crippen molar-refractivity contribution < 1.29 is 9.53 Å². The molecule has 5 heteroatoms. The fraction of sp³-hybridized carbons (Fsp3) is 0.462. The topological polar surface area (TPSA) is 50.4 Å². The molecular formula is C13H17ClN2O2. The minimum atomic E-state index is -0.109. The van der Waals surface area contributed by atoms with E-state index in [9.17, 15) is 4.79 Å². The SMILES string of the molecule is O=C(COc1ccc(Cl)cc1)NCCNC1CC1. The molecule has 1 aromatic rings. The van der Waals surface area contributed by atoms with Gasteiger partial charge in [0.05, 0.1) is 0 Å². The van der Waals surface area contributed by atoms with Crippen molar-refractivity contribution in [2.75, 3.05) is 19.7 Å². The van der Waals surface area contributed by atoms with Gasteiger partial charge in [0.1, 0.15) is 5.75 Å². The van der Waals surface area contributed by atoms with E-state index in [4.69, 9.17) is 16.3 Å². The second kappa shape index (κ2) is 6.61. The molecule has 18 heavy (non-hydrogen) atoms.